The maximum absolute atomic E-state index is 11.0. The van der Waals surface area contributed by atoms with Crippen molar-refractivity contribution in [1.82, 2.24) is 4.98 Å². The number of carbonyl (C=O) groups excluding carboxylic acids is 1. The molecule has 0 fully saturated rings. The van der Waals surface area contributed by atoms with E-state index in [1.54, 1.807) is 19.3 Å². The molecule has 0 saturated heterocycles. The number of carbonyl (C=O) groups is 1. The first-order valence-corrected chi connectivity index (χ1v) is 4.58. The summed E-state index contributed by atoms with van der Waals surface area (Å²) >= 11 is 0. The van der Waals surface area contributed by atoms with Gasteiger partial charge < -0.3 is 10.5 Å². The predicted molar refractivity (Wildman–Crippen MR) is 53.6 cm³/mol. The van der Waals surface area contributed by atoms with Gasteiger partial charge in [0.2, 0.25) is 0 Å². The lowest BCUT2D eigenvalue weighted by Gasteiger charge is -2.04. The molecule has 1 aromatic rings. The fraction of sp³-hybridized carbons (Fsp3) is 0.400. The maximum atomic E-state index is 11.0. The molecule has 0 aliphatic heterocycles. The molecule has 0 bridgehead atoms. The Morgan fingerprint density at radius 3 is 3.07 bits per heavy atom. The Balaban J connectivity index is 2.46. The topological polar surface area (TPSA) is 65.2 Å². The Kier molecular flexibility index (Phi) is 3.91. The molecule has 0 amide bonds. The van der Waals surface area contributed by atoms with Gasteiger partial charge in [0, 0.05) is 12.6 Å². The van der Waals surface area contributed by atoms with Gasteiger partial charge in [-0.3, -0.25) is 9.78 Å². The number of rotatable bonds is 4. The van der Waals surface area contributed by atoms with Crippen molar-refractivity contribution < 1.29 is 9.53 Å². The highest BCUT2D eigenvalue weighted by Crippen LogP contribution is 2.11. The first kappa shape index (κ1) is 10.5. The van der Waals surface area contributed by atoms with Crippen LogP contribution in [0.15, 0.2) is 18.5 Å². The maximum Gasteiger partial charge on any atom is 0.306 e. The number of ether oxygens (including phenoxy) is 1. The van der Waals surface area contributed by atoms with Crippen LogP contribution in [0.25, 0.3) is 0 Å². The van der Waals surface area contributed by atoms with Crippen LogP contribution in [0.5, 0.6) is 0 Å². The third kappa shape index (κ3) is 3.05. The van der Waals surface area contributed by atoms with E-state index >= 15 is 0 Å². The third-order valence-corrected chi connectivity index (χ3v) is 1.85. The monoisotopic (exact) mass is 194 g/mol. The van der Waals surface area contributed by atoms with Gasteiger partial charge in [0.15, 0.2) is 0 Å². The van der Waals surface area contributed by atoms with Crippen LogP contribution in [0.2, 0.25) is 0 Å². The number of nitrogens with two attached hydrogens (primary N) is 1. The van der Waals surface area contributed by atoms with Crippen LogP contribution in [0.4, 0.5) is 5.69 Å². The second kappa shape index (κ2) is 5.21. The zero-order valence-corrected chi connectivity index (χ0v) is 8.19. The van der Waals surface area contributed by atoms with Crippen molar-refractivity contribution in [3.8, 4) is 0 Å². The molecule has 0 unspecified atom stereocenters. The lowest BCUT2D eigenvalue weighted by atomic mass is 10.1. The number of aromatic nitrogens is 1. The first-order chi connectivity index (χ1) is 6.74. The minimum atomic E-state index is -0.191. The van der Waals surface area contributed by atoms with E-state index in [9.17, 15) is 4.79 Å². The molecular formula is C10H14N2O2. The molecule has 0 aliphatic carbocycles. The molecule has 2 N–H and O–H groups in total. The Morgan fingerprint density at radius 1 is 1.64 bits per heavy atom. The van der Waals surface area contributed by atoms with E-state index in [-0.39, 0.29) is 5.97 Å². The van der Waals surface area contributed by atoms with Crippen LogP contribution in [0, 0.1) is 0 Å². The molecule has 76 valence electrons. The second-order valence-corrected chi connectivity index (χ2v) is 2.88. The Morgan fingerprint density at radius 2 is 2.43 bits per heavy atom. The lowest BCUT2D eigenvalue weighted by molar-refractivity contribution is -0.143. The van der Waals surface area contributed by atoms with Gasteiger partial charge in [0.25, 0.3) is 0 Å². The number of nitrogen functional groups attached to an aromatic ring is 1. The molecule has 0 radical (unpaired) electrons. The van der Waals surface area contributed by atoms with Gasteiger partial charge in [0.05, 0.1) is 18.5 Å². The molecule has 1 rings (SSSR count). The summed E-state index contributed by atoms with van der Waals surface area (Å²) < 4.78 is 4.81. The van der Waals surface area contributed by atoms with Crippen LogP contribution in [0.3, 0.4) is 0 Å². The van der Waals surface area contributed by atoms with Crippen LogP contribution < -0.4 is 5.73 Å². The van der Waals surface area contributed by atoms with Crippen LogP contribution >= 0.6 is 0 Å². The van der Waals surface area contributed by atoms with Gasteiger partial charge in [-0.2, -0.15) is 0 Å². The summed E-state index contributed by atoms with van der Waals surface area (Å²) in [5.74, 6) is -0.191. The van der Waals surface area contributed by atoms with E-state index in [1.165, 1.54) is 0 Å². The number of nitrogens with zero attached hydrogens (tertiary/aromatic N) is 1. The van der Waals surface area contributed by atoms with E-state index < -0.39 is 0 Å². The van der Waals surface area contributed by atoms with Gasteiger partial charge in [-0.1, -0.05) is 0 Å². The summed E-state index contributed by atoms with van der Waals surface area (Å²) in [5.41, 5.74) is 7.23. The number of hydrogen-bond donors (Lipinski definition) is 1. The lowest BCUT2D eigenvalue weighted by Crippen LogP contribution is -2.06. The van der Waals surface area contributed by atoms with E-state index in [2.05, 4.69) is 4.98 Å². The summed E-state index contributed by atoms with van der Waals surface area (Å²) in [6.07, 6.45) is 4.21. The average Bonchev–Trinajstić information content (AvgIpc) is 2.17. The van der Waals surface area contributed by atoms with Crippen LogP contribution in [0.1, 0.15) is 18.9 Å². The Hall–Kier alpha value is -1.58. The van der Waals surface area contributed by atoms with Gasteiger partial charge >= 0.3 is 5.97 Å². The SMILES string of the molecule is CCOC(=O)CCc1ccncc1N. The van der Waals surface area contributed by atoms with Gasteiger partial charge in [-0.05, 0) is 25.0 Å². The Bertz CT molecular complexity index is 313. The van der Waals surface area contributed by atoms with Gasteiger partial charge in [-0.25, -0.2) is 0 Å². The van der Waals surface area contributed by atoms with Crippen molar-refractivity contribution in [3.63, 3.8) is 0 Å². The molecule has 14 heavy (non-hydrogen) atoms. The van der Waals surface area contributed by atoms with Crippen molar-refractivity contribution in [3.05, 3.63) is 24.0 Å². The molecular weight excluding hydrogens is 180 g/mol. The summed E-state index contributed by atoms with van der Waals surface area (Å²) in [6.45, 7) is 2.21. The highest BCUT2D eigenvalue weighted by molar-refractivity contribution is 5.70. The van der Waals surface area contributed by atoms with E-state index in [4.69, 9.17) is 10.5 Å². The molecule has 1 aromatic heterocycles. The van der Waals surface area contributed by atoms with Crippen molar-refractivity contribution in [1.29, 1.82) is 0 Å². The standard InChI is InChI=1S/C10H14N2O2/c1-2-14-10(13)4-3-8-5-6-12-7-9(8)11/h5-7H,2-4,11H2,1H3. The molecule has 4 nitrogen and oxygen atoms in total. The highest BCUT2D eigenvalue weighted by Gasteiger charge is 2.04. The molecule has 0 saturated carbocycles. The smallest absolute Gasteiger partial charge is 0.306 e. The molecule has 0 atom stereocenters. The molecule has 0 aliphatic rings. The molecule has 0 aromatic carbocycles. The molecule has 1 heterocycles. The fourth-order valence-electron chi connectivity index (χ4n) is 1.13. The molecule has 0 spiro atoms. The van der Waals surface area contributed by atoms with E-state index in [0.29, 0.717) is 25.1 Å². The van der Waals surface area contributed by atoms with Crippen molar-refractivity contribution in [2.75, 3.05) is 12.3 Å². The highest BCUT2D eigenvalue weighted by atomic mass is 16.5. The average molecular weight is 194 g/mol. The van der Waals surface area contributed by atoms with Crippen molar-refractivity contribution >= 4 is 11.7 Å². The summed E-state index contributed by atoms with van der Waals surface area (Å²) in [7, 11) is 0. The number of hydrogen-bond acceptors (Lipinski definition) is 4. The third-order valence-electron chi connectivity index (χ3n) is 1.85. The Labute approximate surface area is 83.1 Å². The van der Waals surface area contributed by atoms with Crippen molar-refractivity contribution in [2.45, 2.75) is 19.8 Å². The quantitative estimate of drug-likeness (QED) is 0.730. The number of pyridine rings is 1. The summed E-state index contributed by atoms with van der Waals surface area (Å²) in [5, 5.41) is 0. The minimum Gasteiger partial charge on any atom is -0.466 e. The predicted octanol–water partition coefficient (Wildman–Crippen LogP) is 1.16. The van der Waals surface area contributed by atoms with E-state index in [1.807, 2.05) is 6.07 Å². The second-order valence-electron chi connectivity index (χ2n) is 2.88. The zero-order chi connectivity index (χ0) is 10.4. The van der Waals surface area contributed by atoms with Gasteiger partial charge in [-0.15, -0.1) is 0 Å². The minimum absolute atomic E-state index is 0.191. The zero-order valence-electron chi connectivity index (χ0n) is 8.19. The van der Waals surface area contributed by atoms with Gasteiger partial charge in [0.1, 0.15) is 0 Å². The summed E-state index contributed by atoms with van der Waals surface area (Å²) in [4.78, 5) is 14.9. The first-order valence-electron chi connectivity index (χ1n) is 4.58. The summed E-state index contributed by atoms with van der Waals surface area (Å²) in [6, 6.07) is 1.81. The normalized spacial score (nSPS) is 9.79. The van der Waals surface area contributed by atoms with Crippen LogP contribution in [-0.2, 0) is 16.0 Å². The fourth-order valence-corrected chi connectivity index (χ4v) is 1.13. The van der Waals surface area contributed by atoms with Crippen molar-refractivity contribution in [2.24, 2.45) is 0 Å². The number of esters is 1. The van der Waals surface area contributed by atoms with E-state index in [0.717, 1.165) is 5.56 Å². The molecule has 4 heteroatoms. The van der Waals surface area contributed by atoms with Crippen LogP contribution in [-0.4, -0.2) is 17.6 Å². The number of anilines is 1. The number of aryl methyl sites for hydroxylation is 1. The largest absolute Gasteiger partial charge is 0.466 e.